The maximum absolute atomic E-state index is 14.4. The highest BCUT2D eigenvalue weighted by atomic mass is 79.9. The van der Waals surface area contributed by atoms with Crippen molar-refractivity contribution in [1.82, 2.24) is 14.2 Å². The van der Waals surface area contributed by atoms with Crippen molar-refractivity contribution in [3.8, 4) is 17.3 Å². The van der Waals surface area contributed by atoms with Crippen molar-refractivity contribution in [3.63, 3.8) is 0 Å². The molecule has 0 aliphatic rings. The predicted molar refractivity (Wildman–Crippen MR) is 98.4 cm³/mol. The summed E-state index contributed by atoms with van der Waals surface area (Å²) in [7, 11) is 0. The highest BCUT2D eigenvalue weighted by Gasteiger charge is 2.36. The van der Waals surface area contributed by atoms with Gasteiger partial charge in [-0.05, 0) is 28.1 Å². The molecule has 0 aliphatic heterocycles. The van der Waals surface area contributed by atoms with E-state index in [1.807, 2.05) is 0 Å². The molecule has 3 aromatic rings. The Morgan fingerprint density at radius 1 is 1.17 bits per heavy atom. The van der Waals surface area contributed by atoms with Gasteiger partial charge in [-0.15, -0.1) is 0 Å². The smallest absolute Gasteiger partial charge is 0.433 e. The number of hydrogen-bond acceptors (Lipinski definition) is 5. The average molecular weight is 496 g/mol. The number of nitrogens with two attached hydrogens (primary N) is 1. The van der Waals surface area contributed by atoms with Gasteiger partial charge in [0.2, 0.25) is 5.88 Å². The molecule has 0 aliphatic carbocycles. The number of aromatic nitrogens is 3. The fourth-order valence-electron chi connectivity index (χ4n) is 2.30. The van der Waals surface area contributed by atoms with Crippen LogP contribution in [0, 0.1) is 5.82 Å². The average Bonchev–Trinajstić information content (AvgIpc) is 2.62. The molecule has 7 nitrogen and oxygen atoms in total. The summed E-state index contributed by atoms with van der Waals surface area (Å²) in [5, 5.41) is -0.232. The molecular formula is C16H8BrClF4N4O3. The quantitative estimate of drug-likeness (QED) is 0.444. The lowest BCUT2D eigenvalue weighted by atomic mass is 10.2. The van der Waals surface area contributed by atoms with Crippen molar-refractivity contribution in [1.29, 1.82) is 0 Å². The van der Waals surface area contributed by atoms with Gasteiger partial charge in [-0.1, -0.05) is 11.6 Å². The number of nitrogen functional groups attached to an aromatic ring is 1. The Morgan fingerprint density at radius 2 is 1.86 bits per heavy atom. The molecule has 0 saturated carbocycles. The third-order valence-electron chi connectivity index (χ3n) is 3.58. The molecule has 0 radical (unpaired) electrons. The summed E-state index contributed by atoms with van der Waals surface area (Å²) in [6.07, 6.45) is -3.66. The molecule has 2 N–H and O–H groups in total. The van der Waals surface area contributed by atoms with Gasteiger partial charge in [0, 0.05) is 28.9 Å². The summed E-state index contributed by atoms with van der Waals surface area (Å²) in [6, 6.07) is 4.72. The van der Waals surface area contributed by atoms with Gasteiger partial charge in [-0.2, -0.15) is 13.2 Å². The van der Waals surface area contributed by atoms with Crippen LogP contribution in [0.3, 0.4) is 0 Å². The van der Waals surface area contributed by atoms with Gasteiger partial charge in [-0.25, -0.2) is 23.4 Å². The molecule has 0 spiro atoms. The minimum absolute atomic E-state index is 0.0451. The zero-order valence-corrected chi connectivity index (χ0v) is 16.2. The fraction of sp³-hybridized carbons (Fsp3) is 0.0625. The lowest BCUT2D eigenvalue weighted by Gasteiger charge is -2.15. The minimum Gasteiger partial charge on any atom is -0.437 e. The van der Waals surface area contributed by atoms with Crippen molar-refractivity contribution >= 4 is 27.5 Å². The zero-order valence-electron chi connectivity index (χ0n) is 13.9. The summed E-state index contributed by atoms with van der Waals surface area (Å²) in [6.45, 7) is 0. The van der Waals surface area contributed by atoms with Crippen molar-refractivity contribution in [2.75, 3.05) is 5.84 Å². The Balaban J connectivity index is 2.17. The number of halogens is 6. The van der Waals surface area contributed by atoms with E-state index in [9.17, 15) is 27.2 Å². The standard InChI is InChI=1S/C16H8BrClF4N4O3/c17-7-1-2-13(24-6-7)29-11-4-10(9(19)3-8(11)18)25-14(27)5-12(16(20,21)22)26(23)15(25)28/h1-6H,23H2. The lowest BCUT2D eigenvalue weighted by molar-refractivity contribution is -0.143. The van der Waals surface area contributed by atoms with E-state index in [0.717, 1.165) is 12.1 Å². The number of benzene rings is 1. The monoisotopic (exact) mass is 494 g/mol. The zero-order chi connectivity index (χ0) is 21.5. The third kappa shape index (κ3) is 4.12. The highest BCUT2D eigenvalue weighted by Crippen LogP contribution is 2.32. The minimum atomic E-state index is -5.06. The molecule has 0 saturated heterocycles. The predicted octanol–water partition coefficient (Wildman–Crippen LogP) is 3.47. The van der Waals surface area contributed by atoms with Crippen LogP contribution in [0.25, 0.3) is 5.69 Å². The summed E-state index contributed by atoms with van der Waals surface area (Å²) >= 11 is 9.10. The Morgan fingerprint density at radius 3 is 2.45 bits per heavy atom. The van der Waals surface area contributed by atoms with Crippen molar-refractivity contribution in [3.05, 3.63) is 78.4 Å². The highest BCUT2D eigenvalue weighted by molar-refractivity contribution is 9.10. The van der Waals surface area contributed by atoms with Crippen molar-refractivity contribution in [2.45, 2.75) is 6.18 Å². The summed E-state index contributed by atoms with van der Waals surface area (Å²) in [5.41, 5.74) is -5.45. The summed E-state index contributed by atoms with van der Waals surface area (Å²) in [5.74, 6) is 3.84. The Hall–Kier alpha value is -2.86. The van der Waals surface area contributed by atoms with Crippen molar-refractivity contribution < 1.29 is 22.3 Å². The first-order chi connectivity index (χ1) is 13.5. The third-order valence-corrected chi connectivity index (χ3v) is 4.35. The number of pyridine rings is 1. The van der Waals surface area contributed by atoms with Crippen molar-refractivity contribution in [2.24, 2.45) is 0 Å². The number of nitrogens with zero attached hydrogens (tertiary/aromatic N) is 3. The molecule has 152 valence electrons. The molecule has 2 aromatic heterocycles. The van der Waals surface area contributed by atoms with E-state index in [1.54, 1.807) is 6.07 Å². The SMILES string of the molecule is Nn1c(C(F)(F)F)cc(=O)n(-c2cc(Oc3ccc(Br)cn3)c(Cl)cc2F)c1=O. The topological polar surface area (TPSA) is 92.1 Å². The maximum Gasteiger partial charge on any atom is 0.433 e. The number of ether oxygens (including phenoxy) is 1. The van der Waals surface area contributed by atoms with Gasteiger partial charge in [0.05, 0.1) is 10.7 Å². The van der Waals surface area contributed by atoms with E-state index in [2.05, 4.69) is 20.9 Å². The molecule has 0 atom stereocenters. The summed E-state index contributed by atoms with van der Waals surface area (Å²) < 4.78 is 59.0. The lowest BCUT2D eigenvalue weighted by Crippen LogP contribution is -2.45. The van der Waals surface area contributed by atoms with Gasteiger partial charge in [0.25, 0.3) is 5.56 Å². The van der Waals surface area contributed by atoms with Crippen LogP contribution in [0.1, 0.15) is 5.69 Å². The molecule has 1 aromatic carbocycles. The van der Waals surface area contributed by atoms with Gasteiger partial charge >= 0.3 is 11.9 Å². The molecule has 0 bridgehead atoms. The van der Waals surface area contributed by atoms with Gasteiger partial charge in [-0.3, -0.25) is 4.79 Å². The van der Waals surface area contributed by atoms with Crippen LogP contribution in [0.2, 0.25) is 5.02 Å². The summed E-state index contributed by atoms with van der Waals surface area (Å²) in [4.78, 5) is 28.3. The van der Waals surface area contributed by atoms with E-state index < -0.39 is 34.6 Å². The first-order valence-electron chi connectivity index (χ1n) is 7.49. The second-order valence-corrected chi connectivity index (χ2v) is 6.83. The van der Waals surface area contributed by atoms with Crippen LogP contribution in [0.4, 0.5) is 17.6 Å². The molecule has 3 rings (SSSR count). The molecule has 0 unspecified atom stereocenters. The van der Waals surface area contributed by atoms with E-state index >= 15 is 0 Å². The van der Waals surface area contributed by atoms with Crippen LogP contribution in [0.15, 0.2) is 50.6 Å². The Bertz CT molecular complexity index is 1210. The molecular weight excluding hydrogens is 488 g/mol. The largest absolute Gasteiger partial charge is 0.437 e. The molecule has 13 heteroatoms. The van der Waals surface area contributed by atoms with Gasteiger partial charge in [0.15, 0.2) is 5.69 Å². The molecule has 0 fully saturated rings. The first-order valence-corrected chi connectivity index (χ1v) is 8.66. The maximum atomic E-state index is 14.4. The van der Waals surface area contributed by atoms with Gasteiger partial charge in [0.1, 0.15) is 11.6 Å². The van der Waals surface area contributed by atoms with Crippen LogP contribution in [-0.2, 0) is 6.18 Å². The second-order valence-electron chi connectivity index (χ2n) is 5.50. The normalized spacial score (nSPS) is 11.5. The number of rotatable bonds is 3. The molecule has 29 heavy (non-hydrogen) atoms. The first kappa shape index (κ1) is 20.9. The Labute approximate surface area is 172 Å². The second kappa shape index (κ2) is 7.52. The number of hydrogen-bond donors (Lipinski definition) is 1. The van der Waals surface area contributed by atoms with E-state index in [0.29, 0.717) is 4.47 Å². The van der Waals surface area contributed by atoms with E-state index in [4.69, 9.17) is 22.2 Å². The van der Waals surface area contributed by atoms with E-state index in [-0.39, 0.29) is 32.0 Å². The fourth-order valence-corrected chi connectivity index (χ4v) is 2.72. The van der Waals surface area contributed by atoms with Crippen LogP contribution in [0.5, 0.6) is 11.6 Å². The number of alkyl halides is 3. The van der Waals surface area contributed by atoms with Crippen LogP contribution >= 0.6 is 27.5 Å². The van der Waals surface area contributed by atoms with E-state index in [1.165, 1.54) is 12.3 Å². The van der Waals surface area contributed by atoms with Crippen LogP contribution in [-0.4, -0.2) is 14.2 Å². The molecule has 2 heterocycles. The Kier molecular flexibility index (Phi) is 5.41. The van der Waals surface area contributed by atoms with Gasteiger partial charge < -0.3 is 10.6 Å². The van der Waals surface area contributed by atoms with Crippen LogP contribution < -0.4 is 21.8 Å². The molecule has 0 amide bonds.